The predicted octanol–water partition coefficient (Wildman–Crippen LogP) is 3.97. The Bertz CT molecular complexity index is 686. The summed E-state index contributed by atoms with van der Waals surface area (Å²) in [4.78, 5) is 14.7. The lowest BCUT2D eigenvalue weighted by atomic mass is 10.1. The number of hydrogen-bond donors (Lipinski definition) is 1. The van der Waals surface area contributed by atoms with Gasteiger partial charge in [0.05, 0.1) is 19.3 Å². The lowest BCUT2D eigenvalue weighted by molar-refractivity contribution is 0.0941. The van der Waals surface area contributed by atoms with Gasteiger partial charge in [-0.2, -0.15) is 11.3 Å². The summed E-state index contributed by atoms with van der Waals surface area (Å²) in [6, 6.07) is 7.56. The van der Waals surface area contributed by atoms with Crippen molar-refractivity contribution in [2.75, 3.05) is 33.9 Å². The maximum Gasteiger partial charge on any atom is 0.251 e. The molecule has 0 aliphatic heterocycles. The first-order valence-electron chi connectivity index (χ1n) is 8.93. The molecule has 1 aromatic heterocycles. The first-order chi connectivity index (χ1) is 12.6. The minimum atomic E-state index is -0.116. The van der Waals surface area contributed by atoms with Gasteiger partial charge in [-0.3, -0.25) is 4.79 Å². The molecular weight excluding hydrogens is 348 g/mol. The molecule has 1 atom stereocenters. The highest BCUT2D eigenvalue weighted by Gasteiger charge is 2.17. The number of carbonyl (C=O) groups excluding carboxylic acids is 1. The third kappa shape index (κ3) is 5.47. The van der Waals surface area contributed by atoms with Crippen LogP contribution < -0.4 is 14.8 Å². The largest absolute Gasteiger partial charge is 0.490 e. The van der Waals surface area contributed by atoms with Gasteiger partial charge in [0, 0.05) is 12.1 Å². The lowest BCUT2D eigenvalue weighted by Gasteiger charge is -2.24. The maximum atomic E-state index is 12.6. The highest BCUT2D eigenvalue weighted by atomic mass is 32.1. The van der Waals surface area contributed by atoms with E-state index in [9.17, 15) is 4.79 Å². The second-order valence-electron chi connectivity index (χ2n) is 6.19. The van der Waals surface area contributed by atoms with Crippen molar-refractivity contribution in [1.29, 1.82) is 0 Å². The van der Waals surface area contributed by atoms with Gasteiger partial charge < -0.3 is 19.7 Å². The Hall–Kier alpha value is -2.05. The van der Waals surface area contributed by atoms with Crippen LogP contribution >= 0.6 is 11.3 Å². The summed E-state index contributed by atoms with van der Waals surface area (Å²) < 4.78 is 11.3. The summed E-state index contributed by atoms with van der Waals surface area (Å²) in [7, 11) is 4.03. The summed E-state index contributed by atoms with van der Waals surface area (Å²) in [6.45, 7) is 5.65. The average Bonchev–Trinajstić information content (AvgIpc) is 3.15. The maximum absolute atomic E-state index is 12.6. The smallest absolute Gasteiger partial charge is 0.251 e. The highest BCUT2D eigenvalue weighted by molar-refractivity contribution is 7.07. The summed E-state index contributed by atoms with van der Waals surface area (Å²) in [5, 5.41) is 7.20. The number of benzene rings is 1. The van der Waals surface area contributed by atoms with E-state index in [0.717, 1.165) is 6.42 Å². The van der Waals surface area contributed by atoms with Crippen molar-refractivity contribution in [1.82, 2.24) is 10.2 Å². The van der Waals surface area contributed by atoms with Gasteiger partial charge >= 0.3 is 0 Å². The van der Waals surface area contributed by atoms with E-state index in [2.05, 4.69) is 34.0 Å². The van der Waals surface area contributed by atoms with Gasteiger partial charge in [-0.05, 0) is 68.0 Å². The number of carbonyl (C=O) groups is 1. The molecule has 142 valence electrons. The quantitative estimate of drug-likeness (QED) is 0.682. The molecule has 1 heterocycles. The molecule has 0 unspecified atom stereocenters. The van der Waals surface area contributed by atoms with Crippen LogP contribution in [0.25, 0.3) is 0 Å². The average molecular weight is 377 g/mol. The van der Waals surface area contributed by atoms with Crippen LogP contribution in [0.2, 0.25) is 0 Å². The molecule has 1 aromatic carbocycles. The molecule has 0 spiro atoms. The molecule has 6 heteroatoms. The Balaban J connectivity index is 2.07. The fourth-order valence-electron chi connectivity index (χ4n) is 2.60. The third-order valence-electron chi connectivity index (χ3n) is 3.97. The number of amides is 1. The van der Waals surface area contributed by atoms with Gasteiger partial charge in [0.25, 0.3) is 5.91 Å². The Morgan fingerprint density at radius 3 is 2.62 bits per heavy atom. The molecule has 0 aliphatic carbocycles. The second-order valence-corrected chi connectivity index (χ2v) is 6.97. The standard InChI is InChI=1S/C20H28N2O3S/c1-5-10-25-18-8-7-15(12-19(18)24-6-2)20(23)21-13-17(22(3)4)16-9-11-26-14-16/h7-9,11-12,14,17H,5-6,10,13H2,1-4H3,(H,21,23)/t17-/m1/s1. The monoisotopic (exact) mass is 376 g/mol. The van der Waals surface area contributed by atoms with Crippen molar-refractivity contribution < 1.29 is 14.3 Å². The van der Waals surface area contributed by atoms with Gasteiger partial charge in [0.2, 0.25) is 0 Å². The number of hydrogen-bond acceptors (Lipinski definition) is 5. The van der Waals surface area contributed by atoms with Crippen LogP contribution in [0.3, 0.4) is 0 Å². The number of thiophene rings is 1. The summed E-state index contributed by atoms with van der Waals surface area (Å²) in [6.07, 6.45) is 0.919. The normalized spacial score (nSPS) is 12.0. The molecule has 0 saturated carbocycles. The van der Waals surface area contributed by atoms with Crippen LogP contribution in [0.1, 0.15) is 42.2 Å². The summed E-state index contributed by atoms with van der Waals surface area (Å²) in [5.74, 6) is 1.17. The molecule has 0 aliphatic rings. The minimum Gasteiger partial charge on any atom is -0.490 e. The van der Waals surface area contributed by atoms with E-state index in [1.54, 1.807) is 29.5 Å². The number of nitrogens with zero attached hydrogens (tertiary/aromatic N) is 1. The highest BCUT2D eigenvalue weighted by Crippen LogP contribution is 2.29. The molecule has 26 heavy (non-hydrogen) atoms. The molecular formula is C20H28N2O3S. The second kappa shape index (κ2) is 10.2. The van der Waals surface area contributed by atoms with Gasteiger partial charge in [-0.15, -0.1) is 0 Å². The first-order valence-corrected chi connectivity index (χ1v) is 9.87. The van der Waals surface area contributed by atoms with Crippen LogP contribution in [-0.4, -0.2) is 44.7 Å². The molecule has 0 radical (unpaired) electrons. The third-order valence-corrected chi connectivity index (χ3v) is 4.68. The van der Waals surface area contributed by atoms with Crippen LogP contribution in [-0.2, 0) is 0 Å². The summed E-state index contributed by atoms with van der Waals surface area (Å²) >= 11 is 1.66. The fraction of sp³-hybridized carbons (Fsp3) is 0.450. The Labute approximate surface area is 159 Å². The molecule has 0 bridgehead atoms. The lowest BCUT2D eigenvalue weighted by Crippen LogP contribution is -2.34. The zero-order chi connectivity index (χ0) is 18.9. The Morgan fingerprint density at radius 2 is 2.00 bits per heavy atom. The number of rotatable bonds is 10. The van der Waals surface area contributed by atoms with E-state index < -0.39 is 0 Å². The van der Waals surface area contributed by atoms with Crippen molar-refractivity contribution >= 4 is 17.2 Å². The SMILES string of the molecule is CCCOc1ccc(C(=O)NC[C@H](c2ccsc2)N(C)C)cc1OCC. The van der Waals surface area contributed by atoms with Crippen molar-refractivity contribution in [3.8, 4) is 11.5 Å². The first kappa shape index (κ1) is 20.3. The van der Waals surface area contributed by atoms with Gasteiger partial charge in [0.15, 0.2) is 11.5 Å². The number of likely N-dealkylation sites (N-methyl/N-ethyl adjacent to an activating group) is 1. The van der Waals surface area contributed by atoms with Gasteiger partial charge in [-0.1, -0.05) is 6.92 Å². The van der Waals surface area contributed by atoms with Crippen molar-refractivity contribution in [2.24, 2.45) is 0 Å². The van der Waals surface area contributed by atoms with Crippen LogP contribution in [0, 0.1) is 0 Å². The zero-order valence-corrected chi connectivity index (χ0v) is 16.8. The van der Waals surface area contributed by atoms with Gasteiger partial charge in [0.1, 0.15) is 0 Å². The number of ether oxygens (including phenoxy) is 2. The molecule has 1 N–H and O–H groups in total. The van der Waals surface area contributed by atoms with Crippen LogP contribution in [0.15, 0.2) is 35.0 Å². The van der Waals surface area contributed by atoms with E-state index in [4.69, 9.17) is 9.47 Å². The van der Waals surface area contributed by atoms with Crippen LogP contribution in [0.4, 0.5) is 0 Å². The number of nitrogens with one attached hydrogen (secondary N) is 1. The van der Waals surface area contributed by atoms with Crippen molar-refractivity contribution in [2.45, 2.75) is 26.3 Å². The van der Waals surface area contributed by atoms with E-state index in [-0.39, 0.29) is 11.9 Å². The van der Waals surface area contributed by atoms with Crippen molar-refractivity contribution in [3.63, 3.8) is 0 Å². The Kier molecular flexibility index (Phi) is 7.94. The van der Waals surface area contributed by atoms with Crippen molar-refractivity contribution in [3.05, 3.63) is 46.2 Å². The molecule has 1 amide bonds. The topological polar surface area (TPSA) is 50.8 Å². The van der Waals surface area contributed by atoms with E-state index in [0.29, 0.717) is 36.8 Å². The molecule has 0 fully saturated rings. The zero-order valence-electron chi connectivity index (χ0n) is 16.0. The van der Waals surface area contributed by atoms with E-state index >= 15 is 0 Å². The molecule has 0 saturated heterocycles. The molecule has 2 aromatic rings. The predicted molar refractivity (Wildman–Crippen MR) is 106 cm³/mol. The van der Waals surface area contributed by atoms with Gasteiger partial charge in [-0.25, -0.2) is 0 Å². The van der Waals surface area contributed by atoms with Crippen LogP contribution in [0.5, 0.6) is 11.5 Å². The fourth-order valence-corrected chi connectivity index (χ4v) is 3.31. The Morgan fingerprint density at radius 1 is 1.19 bits per heavy atom. The molecule has 2 rings (SSSR count). The molecule has 5 nitrogen and oxygen atoms in total. The minimum absolute atomic E-state index is 0.116. The van der Waals surface area contributed by atoms with E-state index in [1.165, 1.54) is 5.56 Å². The van der Waals surface area contributed by atoms with E-state index in [1.807, 2.05) is 21.0 Å². The summed E-state index contributed by atoms with van der Waals surface area (Å²) in [5.41, 5.74) is 1.78.